The fourth-order valence-corrected chi connectivity index (χ4v) is 1.34. The van der Waals surface area contributed by atoms with Crippen molar-refractivity contribution >= 4 is 19.1 Å². The van der Waals surface area contributed by atoms with Crippen LogP contribution in [-0.2, 0) is 0 Å². The van der Waals surface area contributed by atoms with Crippen molar-refractivity contribution in [3.8, 4) is 11.5 Å². The number of ether oxygens (including phenoxy) is 1. The Morgan fingerprint density at radius 2 is 2.00 bits per heavy atom. The zero-order valence-corrected chi connectivity index (χ0v) is 8.97. The van der Waals surface area contributed by atoms with Crippen LogP contribution in [0.4, 0.5) is 5.82 Å². The van der Waals surface area contributed by atoms with Gasteiger partial charge in [0.25, 0.3) is 0 Å². The Balaban J connectivity index is 2.30. The summed E-state index contributed by atoms with van der Waals surface area (Å²) in [5, 5.41) is 2.95. The van der Waals surface area contributed by atoms with Gasteiger partial charge in [-0.2, -0.15) is 0 Å². The molecule has 0 atom stereocenters. The Bertz CT molecular complexity index is 474. The van der Waals surface area contributed by atoms with Crippen LogP contribution in [-0.4, -0.2) is 19.9 Å². The van der Waals surface area contributed by atoms with Gasteiger partial charge in [-0.05, 0) is 18.2 Å². The van der Waals surface area contributed by atoms with Gasteiger partial charge in [0.15, 0.2) is 11.6 Å². The van der Waals surface area contributed by atoms with Gasteiger partial charge in [-0.25, -0.2) is 4.98 Å². The lowest BCUT2D eigenvalue weighted by molar-refractivity contribution is 0.483. The molecule has 0 aliphatic heterocycles. The number of para-hydroxylation sites is 1. The van der Waals surface area contributed by atoms with Crippen LogP contribution in [0.3, 0.4) is 0 Å². The minimum Gasteiger partial charge on any atom is -0.454 e. The molecule has 2 rings (SSSR count). The fourth-order valence-electron chi connectivity index (χ4n) is 1.34. The Labute approximate surface area is 95.9 Å². The molecule has 0 bridgehead atoms. The average Bonchev–Trinajstić information content (AvgIpc) is 2.31. The van der Waals surface area contributed by atoms with E-state index in [0.717, 1.165) is 5.75 Å². The summed E-state index contributed by atoms with van der Waals surface area (Å²) in [6.07, 6.45) is 1.59. The number of nitrogens with one attached hydrogen (secondary N) is 1. The van der Waals surface area contributed by atoms with Crippen molar-refractivity contribution in [2.45, 2.75) is 0 Å². The van der Waals surface area contributed by atoms with Gasteiger partial charge >= 0.3 is 0 Å². The molecule has 1 N–H and O–H groups in total. The van der Waals surface area contributed by atoms with E-state index in [0.29, 0.717) is 17.0 Å². The summed E-state index contributed by atoms with van der Waals surface area (Å²) < 4.78 is 5.68. The summed E-state index contributed by atoms with van der Waals surface area (Å²) >= 11 is 0. The molecule has 2 aromatic rings. The number of rotatable bonds is 3. The summed E-state index contributed by atoms with van der Waals surface area (Å²) in [5.74, 6) is 2.04. The van der Waals surface area contributed by atoms with Crippen LogP contribution in [0.15, 0.2) is 42.6 Å². The van der Waals surface area contributed by atoms with Crippen molar-refractivity contribution in [1.82, 2.24) is 4.98 Å². The molecule has 0 aliphatic carbocycles. The van der Waals surface area contributed by atoms with Crippen LogP contribution in [0.5, 0.6) is 11.5 Å². The monoisotopic (exact) mass is 210 g/mol. The number of hydrogen-bond acceptors (Lipinski definition) is 3. The summed E-state index contributed by atoms with van der Waals surface area (Å²) in [7, 11) is 7.45. The maximum atomic E-state index is 5.68. The van der Waals surface area contributed by atoms with Crippen molar-refractivity contribution in [2.24, 2.45) is 0 Å². The molecular formula is C12H11BN2O. The fraction of sp³-hybridized carbons (Fsp3) is 0.0833. The molecule has 3 nitrogen and oxygen atoms in total. The van der Waals surface area contributed by atoms with Crippen LogP contribution in [0.1, 0.15) is 0 Å². The number of nitrogens with zero attached hydrogens (tertiary/aromatic N) is 1. The van der Waals surface area contributed by atoms with Crippen molar-refractivity contribution in [1.29, 1.82) is 0 Å². The first kappa shape index (κ1) is 10.5. The summed E-state index contributed by atoms with van der Waals surface area (Å²) in [4.78, 5) is 4.13. The van der Waals surface area contributed by atoms with E-state index in [4.69, 9.17) is 12.6 Å². The molecule has 1 aromatic heterocycles. The molecule has 0 saturated heterocycles. The number of anilines is 1. The van der Waals surface area contributed by atoms with E-state index in [1.807, 2.05) is 30.3 Å². The highest BCUT2D eigenvalue weighted by Gasteiger charge is 2.04. The molecule has 78 valence electrons. The first-order valence-electron chi connectivity index (χ1n) is 4.96. The van der Waals surface area contributed by atoms with Crippen LogP contribution in [0, 0.1) is 0 Å². The standard InChI is InChI=1S/C12H11BN2O/c1-14-12-11(7-9(13)8-15-12)16-10-5-3-2-4-6-10/h2-8H,1H3,(H,14,15). The van der Waals surface area contributed by atoms with E-state index in [-0.39, 0.29) is 0 Å². The van der Waals surface area contributed by atoms with Gasteiger partial charge in [-0.3, -0.25) is 0 Å². The van der Waals surface area contributed by atoms with Gasteiger partial charge in [0.05, 0.1) is 0 Å². The lowest BCUT2D eigenvalue weighted by Crippen LogP contribution is -2.06. The maximum Gasteiger partial charge on any atom is 0.169 e. The van der Waals surface area contributed by atoms with E-state index in [2.05, 4.69) is 10.3 Å². The molecule has 2 radical (unpaired) electrons. The molecule has 0 unspecified atom stereocenters. The second kappa shape index (κ2) is 4.70. The lowest BCUT2D eigenvalue weighted by Gasteiger charge is -2.10. The van der Waals surface area contributed by atoms with E-state index >= 15 is 0 Å². The summed E-state index contributed by atoms with van der Waals surface area (Å²) in [6.45, 7) is 0. The van der Waals surface area contributed by atoms with Gasteiger partial charge in [-0.1, -0.05) is 23.7 Å². The average molecular weight is 210 g/mol. The van der Waals surface area contributed by atoms with Gasteiger partial charge in [-0.15, -0.1) is 0 Å². The molecule has 0 aliphatic rings. The lowest BCUT2D eigenvalue weighted by atomic mass is 9.99. The predicted octanol–water partition coefficient (Wildman–Crippen LogP) is 1.71. The summed E-state index contributed by atoms with van der Waals surface area (Å²) in [6, 6.07) is 11.3. The van der Waals surface area contributed by atoms with Gasteiger partial charge in [0.1, 0.15) is 13.6 Å². The Hall–Kier alpha value is -1.97. The second-order valence-corrected chi connectivity index (χ2v) is 3.28. The molecule has 0 spiro atoms. The minimum absolute atomic E-state index is 0.574. The highest BCUT2D eigenvalue weighted by atomic mass is 16.5. The highest BCUT2D eigenvalue weighted by molar-refractivity contribution is 6.32. The van der Waals surface area contributed by atoms with Gasteiger partial charge < -0.3 is 10.1 Å². The zero-order chi connectivity index (χ0) is 11.4. The van der Waals surface area contributed by atoms with Gasteiger partial charge in [0.2, 0.25) is 0 Å². The molecule has 0 saturated carbocycles. The molecule has 16 heavy (non-hydrogen) atoms. The van der Waals surface area contributed by atoms with Crippen LogP contribution in [0.2, 0.25) is 0 Å². The number of hydrogen-bond donors (Lipinski definition) is 1. The Morgan fingerprint density at radius 3 is 2.69 bits per heavy atom. The first-order valence-corrected chi connectivity index (χ1v) is 4.96. The molecule has 1 aromatic carbocycles. The van der Waals surface area contributed by atoms with E-state index in [9.17, 15) is 0 Å². The Kier molecular flexibility index (Phi) is 3.10. The van der Waals surface area contributed by atoms with Crippen LogP contribution in [0.25, 0.3) is 0 Å². The number of aromatic nitrogens is 1. The quantitative estimate of drug-likeness (QED) is 0.783. The number of pyridine rings is 1. The zero-order valence-electron chi connectivity index (χ0n) is 8.97. The van der Waals surface area contributed by atoms with Crippen LogP contribution < -0.4 is 15.5 Å². The SMILES string of the molecule is [B]c1cnc(NC)c(Oc2ccccc2)c1. The maximum absolute atomic E-state index is 5.68. The minimum atomic E-state index is 0.574. The van der Waals surface area contributed by atoms with Gasteiger partial charge in [0, 0.05) is 13.2 Å². The topological polar surface area (TPSA) is 34.2 Å². The third kappa shape index (κ3) is 2.34. The van der Waals surface area contributed by atoms with E-state index < -0.39 is 0 Å². The van der Waals surface area contributed by atoms with Crippen molar-refractivity contribution in [3.63, 3.8) is 0 Å². The smallest absolute Gasteiger partial charge is 0.169 e. The van der Waals surface area contributed by atoms with Crippen LogP contribution >= 0.6 is 0 Å². The largest absolute Gasteiger partial charge is 0.454 e. The first-order chi connectivity index (χ1) is 7.79. The predicted molar refractivity (Wildman–Crippen MR) is 65.7 cm³/mol. The molecule has 0 amide bonds. The third-order valence-electron chi connectivity index (χ3n) is 2.08. The number of benzene rings is 1. The van der Waals surface area contributed by atoms with E-state index in [1.165, 1.54) is 0 Å². The molecule has 4 heteroatoms. The van der Waals surface area contributed by atoms with Crippen molar-refractivity contribution < 1.29 is 4.74 Å². The second-order valence-electron chi connectivity index (χ2n) is 3.28. The summed E-state index contributed by atoms with van der Waals surface area (Å²) in [5.41, 5.74) is 0.574. The normalized spacial score (nSPS) is 9.81. The molecule has 0 fully saturated rings. The van der Waals surface area contributed by atoms with Crippen molar-refractivity contribution in [2.75, 3.05) is 12.4 Å². The third-order valence-corrected chi connectivity index (χ3v) is 2.08. The highest BCUT2D eigenvalue weighted by Crippen LogP contribution is 2.25. The van der Waals surface area contributed by atoms with Crippen molar-refractivity contribution in [3.05, 3.63) is 42.6 Å². The molecule has 1 heterocycles. The Morgan fingerprint density at radius 1 is 1.25 bits per heavy atom. The van der Waals surface area contributed by atoms with E-state index in [1.54, 1.807) is 19.3 Å². The molecular weight excluding hydrogens is 199 g/mol.